The summed E-state index contributed by atoms with van der Waals surface area (Å²) in [5.41, 5.74) is 8.62. The standard InChI is InChI=1S/C17H27NOS/c1-6-17(4,5)11-7-8-12-13(9-11)20-16(18)14(12)15(19)10(2)3/h10-11H,6-9,18H2,1-5H3. The molecule has 3 heteroatoms. The summed E-state index contributed by atoms with van der Waals surface area (Å²) in [7, 11) is 0. The monoisotopic (exact) mass is 293 g/mol. The number of ketones is 1. The molecule has 1 aromatic heterocycles. The van der Waals surface area contributed by atoms with Crippen molar-refractivity contribution < 1.29 is 4.79 Å². The molecule has 0 radical (unpaired) electrons. The lowest BCUT2D eigenvalue weighted by Crippen LogP contribution is -2.28. The lowest BCUT2D eigenvalue weighted by atomic mass is 9.69. The van der Waals surface area contributed by atoms with Gasteiger partial charge in [0.15, 0.2) is 5.78 Å². The number of hydrogen-bond acceptors (Lipinski definition) is 3. The second-order valence-electron chi connectivity index (χ2n) is 7.04. The third-order valence-electron chi connectivity index (χ3n) is 5.08. The van der Waals surface area contributed by atoms with Crippen LogP contribution in [0.4, 0.5) is 5.00 Å². The van der Waals surface area contributed by atoms with Crippen LogP contribution in [-0.2, 0) is 12.8 Å². The number of thiophene rings is 1. The number of Topliss-reactive ketones (excluding diaryl/α,β-unsaturated/α-hetero) is 1. The Morgan fingerprint density at radius 3 is 2.65 bits per heavy atom. The van der Waals surface area contributed by atoms with Crippen molar-refractivity contribution in [1.82, 2.24) is 0 Å². The van der Waals surface area contributed by atoms with Crippen molar-refractivity contribution in [2.45, 2.75) is 60.3 Å². The van der Waals surface area contributed by atoms with Crippen LogP contribution in [0.1, 0.15) is 68.3 Å². The Bertz CT molecular complexity index is 513. The minimum atomic E-state index is 0.0285. The highest BCUT2D eigenvalue weighted by Crippen LogP contribution is 2.45. The van der Waals surface area contributed by atoms with Crippen LogP contribution in [0, 0.1) is 17.3 Å². The van der Waals surface area contributed by atoms with E-state index >= 15 is 0 Å². The van der Waals surface area contributed by atoms with Crippen molar-refractivity contribution >= 4 is 22.1 Å². The van der Waals surface area contributed by atoms with Crippen LogP contribution in [0.5, 0.6) is 0 Å². The zero-order valence-corrected chi connectivity index (χ0v) is 14.2. The van der Waals surface area contributed by atoms with Crippen molar-refractivity contribution in [3.05, 3.63) is 16.0 Å². The Labute approximate surface area is 126 Å². The molecule has 112 valence electrons. The van der Waals surface area contributed by atoms with Crippen LogP contribution in [0.25, 0.3) is 0 Å². The zero-order valence-electron chi connectivity index (χ0n) is 13.4. The summed E-state index contributed by atoms with van der Waals surface area (Å²) in [6.45, 7) is 10.9. The largest absolute Gasteiger partial charge is 0.390 e. The average Bonchev–Trinajstić information content (AvgIpc) is 2.72. The van der Waals surface area contributed by atoms with Gasteiger partial charge in [-0.15, -0.1) is 11.3 Å². The van der Waals surface area contributed by atoms with E-state index in [1.54, 1.807) is 11.3 Å². The van der Waals surface area contributed by atoms with E-state index in [1.165, 1.54) is 23.3 Å². The Morgan fingerprint density at radius 2 is 2.10 bits per heavy atom. The van der Waals surface area contributed by atoms with Crippen molar-refractivity contribution in [3.63, 3.8) is 0 Å². The number of hydrogen-bond donors (Lipinski definition) is 1. The number of carbonyl (C=O) groups excluding carboxylic acids is 1. The first-order chi connectivity index (χ1) is 9.27. The average molecular weight is 293 g/mol. The maximum Gasteiger partial charge on any atom is 0.168 e. The summed E-state index contributed by atoms with van der Waals surface area (Å²) in [5, 5.41) is 0.739. The highest BCUT2D eigenvalue weighted by molar-refractivity contribution is 7.16. The summed E-state index contributed by atoms with van der Waals surface area (Å²) in [6, 6.07) is 0. The summed E-state index contributed by atoms with van der Waals surface area (Å²) < 4.78 is 0. The summed E-state index contributed by atoms with van der Waals surface area (Å²) in [5.74, 6) is 0.953. The number of carbonyl (C=O) groups is 1. The van der Waals surface area contributed by atoms with E-state index in [0.29, 0.717) is 11.3 Å². The van der Waals surface area contributed by atoms with Gasteiger partial charge in [0, 0.05) is 10.8 Å². The smallest absolute Gasteiger partial charge is 0.168 e. The SMILES string of the molecule is CCC(C)(C)C1CCc2c(sc(N)c2C(=O)C(C)C)C1. The van der Waals surface area contributed by atoms with Crippen LogP contribution in [0.3, 0.4) is 0 Å². The Morgan fingerprint density at radius 1 is 1.45 bits per heavy atom. The molecule has 0 spiro atoms. The van der Waals surface area contributed by atoms with Crippen molar-refractivity contribution in [2.24, 2.45) is 17.3 Å². The van der Waals surface area contributed by atoms with Gasteiger partial charge in [0.25, 0.3) is 0 Å². The molecule has 2 nitrogen and oxygen atoms in total. The molecule has 2 rings (SSSR count). The van der Waals surface area contributed by atoms with Gasteiger partial charge in [0.05, 0.1) is 10.6 Å². The van der Waals surface area contributed by atoms with E-state index in [2.05, 4.69) is 20.8 Å². The molecule has 2 N–H and O–H groups in total. The first-order valence-corrected chi connectivity index (χ1v) is 8.53. The predicted octanol–water partition coefficient (Wildman–Crippen LogP) is 4.71. The molecule has 1 aliphatic carbocycles. The molecule has 1 atom stereocenters. The molecule has 0 fully saturated rings. The summed E-state index contributed by atoms with van der Waals surface area (Å²) >= 11 is 1.65. The van der Waals surface area contributed by atoms with Crippen molar-refractivity contribution in [3.8, 4) is 0 Å². The lowest BCUT2D eigenvalue weighted by molar-refractivity contribution is 0.0939. The third-order valence-corrected chi connectivity index (χ3v) is 6.16. The summed E-state index contributed by atoms with van der Waals surface area (Å²) in [6.07, 6.45) is 4.50. The van der Waals surface area contributed by atoms with Crippen LogP contribution in [0.2, 0.25) is 0 Å². The number of nitrogens with two attached hydrogens (primary N) is 1. The number of anilines is 1. The molecular formula is C17H27NOS. The number of rotatable bonds is 4. The van der Waals surface area contributed by atoms with Gasteiger partial charge in [-0.25, -0.2) is 0 Å². The van der Waals surface area contributed by atoms with Gasteiger partial charge in [-0.3, -0.25) is 4.79 Å². The van der Waals surface area contributed by atoms with Crippen LogP contribution < -0.4 is 5.73 Å². The Kier molecular flexibility index (Phi) is 4.29. The Hall–Kier alpha value is -0.830. The fraction of sp³-hybridized carbons (Fsp3) is 0.706. The molecule has 0 saturated heterocycles. The fourth-order valence-corrected chi connectivity index (χ4v) is 4.32. The number of fused-ring (bicyclic) bond motifs is 1. The molecule has 1 aliphatic rings. The van der Waals surface area contributed by atoms with Gasteiger partial charge in [-0.1, -0.05) is 41.0 Å². The van der Waals surface area contributed by atoms with E-state index in [1.807, 2.05) is 13.8 Å². The predicted molar refractivity (Wildman–Crippen MR) is 87.5 cm³/mol. The van der Waals surface area contributed by atoms with Gasteiger partial charge in [0.1, 0.15) is 0 Å². The first kappa shape index (κ1) is 15.6. The molecule has 0 aromatic carbocycles. The first-order valence-electron chi connectivity index (χ1n) is 7.72. The molecule has 1 heterocycles. The molecule has 0 saturated carbocycles. The second kappa shape index (κ2) is 5.51. The molecule has 1 unspecified atom stereocenters. The van der Waals surface area contributed by atoms with Gasteiger partial charge in [-0.05, 0) is 36.2 Å². The Balaban J connectivity index is 2.33. The van der Waals surface area contributed by atoms with Gasteiger partial charge >= 0.3 is 0 Å². The zero-order chi connectivity index (χ0) is 15.1. The molecule has 1 aromatic rings. The molecule has 0 bridgehead atoms. The van der Waals surface area contributed by atoms with Gasteiger partial charge in [-0.2, -0.15) is 0 Å². The quantitative estimate of drug-likeness (QED) is 0.817. The van der Waals surface area contributed by atoms with Gasteiger partial charge in [0.2, 0.25) is 0 Å². The maximum atomic E-state index is 12.4. The minimum Gasteiger partial charge on any atom is -0.390 e. The molecule has 20 heavy (non-hydrogen) atoms. The molecule has 0 aliphatic heterocycles. The van der Waals surface area contributed by atoms with E-state index in [4.69, 9.17) is 5.73 Å². The molecular weight excluding hydrogens is 266 g/mol. The van der Waals surface area contributed by atoms with Crippen molar-refractivity contribution in [1.29, 1.82) is 0 Å². The van der Waals surface area contributed by atoms with E-state index in [9.17, 15) is 4.79 Å². The second-order valence-corrected chi connectivity index (χ2v) is 8.18. The molecule has 0 amide bonds. The van der Waals surface area contributed by atoms with Crippen LogP contribution in [-0.4, -0.2) is 5.78 Å². The highest BCUT2D eigenvalue weighted by atomic mass is 32.1. The van der Waals surface area contributed by atoms with Gasteiger partial charge < -0.3 is 5.73 Å². The minimum absolute atomic E-state index is 0.0285. The topological polar surface area (TPSA) is 43.1 Å². The van der Waals surface area contributed by atoms with Crippen molar-refractivity contribution in [2.75, 3.05) is 5.73 Å². The fourth-order valence-electron chi connectivity index (χ4n) is 3.12. The van der Waals surface area contributed by atoms with Crippen LogP contribution >= 0.6 is 11.3 Å². The van der Waals surface area contributed by atoms with E-state index in [0.717, 1.165) is 23.4 Å². The maximum absolute atomic E-state index is 12.4. The van der Waals surface area contributed by atoms with E-state index < -0.39 is 0 Å². The third kappa shape index (κ3) is 2.65. The number of nitrogen functional groups attached to an aromatic ring is 1. The lowest BCUT2D eigenvalue weighted by Gasteiger charge is -2.36. The summed E-state index contributed by atoms with van der Waals surface area (Å²) in [4.78, 5) is 13.7. The van der Waals surface area contributed by atoms with E-state index in [-0.39, 0.29) is 11.7 Å². The highest BCUT2D eigenvalue weighted by Gasteiger charge is 2.34. The normalized spacial score (nSPS) is 19.2. The van der Waals surface area contributed by atoms with Crippen LogP contribution in [0.15, 0.2) is 0 Å².